The van der Waals surface area contributed by atoms with E-state index in [1.165, 1.54) is 22.3 Å². The van der Waals surface area contributed by atoms with E-state index in [-0.39, 0.29) is 17.1 Å². The molecule has 0 aliphatic heterocycles. The van der Waals surface area contributed by atoms with E-state index in [1.807, 2.05) is 12.1 Å². The van der Waals surface area contributed by atoms with Gasteiger partial charge in [-0.1, -0.05) is 104 Å². The van der Waals surface area contributed by atoms with Crippen LogP contribution in [0.5, 0.6) is 0 Å². The van der Waals surface area contributed by atoms with E-state index in [4.69, 9.17) is 0 Å². The smallest absolute Gasteiger partial charge is 0.193 e. The van der Waals surface area contributed by atoms with Gasteiger partial charge in [-0.2, -0.15) is 0 Å². The third kappa shape index (κ3) is 2.10. The first-order valence-corrected chi connectivity index (χ1v) is 11.0. The number of benzene rings is 3. The van der Waals surface area contributed by atoms with Crippen LogP contribution in [0.4, 0.5) is 0 Å². The topological polar surface area (TPSA) is 17.1 Å². The highest BCUT2D eigenvalue weighted by atomic mass is 16.1. The average Bonchev–Trinajstić information content (AvgIpc) is 3.09. The minimum absolute atomic E-state index is 0.158. The van der Waals surface area contributed by atoms with Gasteiger partial charge in [-0.25, -0.2) is 0 Å². The van der Waals surface area contributed by atoms with Crippen molar-refractivity contribution < 1.29 is 4.79 Å². The van der Waals surface area contributed by atoms with Gasteiger partial charge >= 0.3 is 0 Å². The van der Waals surface area contributed by atoms with E-state index >= 15 is 0 Å². The molecule has 0 radical (unpaired) electrons. The van der Waals surface area contributed by atoms with Crippen LogP contribution in [0.3, 0.4) is 0 Å². The van der Waals surface area contributed by atoms with Gasteiger partial charge in [-0.05, 0) is 34.2 Å². The summed E-state index contributed by atoms with van der Waals surface area (Å²) in [5.41, 5.74) is 7.81. The summed E-state index contributed by atoms with van der Waals surface area (Å²) in [7, 11) is 0. The van der Waals surface area contributed by atoms with Gasteiger partial charge in [0.05, 0.1) is 5.41 Å². The first-order valence-electron chi connectivity index (χ1n) is 11.0. The second kappa shape index (κ2) is 6.40. The molecule has 3 aromatic carbocycles. The first kappa shape index (κ1) is 17.7. The summed E-state index contributed by atoms with van der Waals surface area (Å²) >= 11 is 0. The molecule has 0 N–H and O–H groups in total. The third-order valence-corrected chi connectivity index (χ3v) is 7.27. The molecule has 3 atom stereocenters. The van der Waals surface area contributed by atoms with Gasteiger partial charge in [0.15, 0.2) is 5.78 Å². The van der Waals surface area contributed by atoms with Gasteiger partial charge in [-0.15, -0.1) is 0 Å². The monoisotopic (exact) mass is 388 g/mol. The molecule has 3 aliphatic rings. The van der Waals surface area contributed by atoms with Crippen LogP contribution in [-0.2, 0) is 11.8 Å². The second-order valence-electron chi connectivity index (χ2n) is 8.72. The molecular weight excluding hydrogens is 364 g/mol. The summed E-state index contributed by atoms with van der Waals surface area (Å²) in [6, 6.07) is 23.7. The predicted molar refractivity (Wildman–Crippen MR) is 121 cm³/mol. The van der Waals surface area contributed by atoms with Gasteiger partial charge in [0.25, 0.3) is 0 Å². The lowest BCUT2D eigenvalue weighted by atomic mass is 9.58. The maximum atomic E-state index is 13.6. The van der Waals surface area contributed by atoms with Crippen molar-refractivity contribution in [3.63, 3.8) is 0 Å². The zero-order valence-corrected chi connectivity index (χ0v) is 17.1. The van der Waals surface area contributed by atoms with E-state index < -0.39 is 0 Å². The Kier molecular flexibility index (Phi) is 3.77. The second-order valence-corrected chi connectivity index (χ2v) is 8.72. The fraction of sp³-hybridized carbons (Fsp3) is 0.207. The van der Waals surface area contributed by atoms with Crippen LogP contribution in [0.1, 0.15) is 63.0 Å². The Morgan fingerprint density at radius 2 is 1.53 bits per heavy atom. The van der Waals surface area contributed by atoms with Crippen molar-refractivity contribution in [3.8, 4) is 0 Å². The molecular formula is C29H24O. The van der Waals surface area contributed by atoms with Gasteiger partial charge in [0.2, 0.25) is 0 Å². The van der Waals surface area contributed by atoms with E-state index in [2.05, 4.69) is 85.8 Å². The number of ketones is 1. The van der Waals surface area contributed by atoms with Crippen LogP contribution < -0.4 is 0 Å². The summed E-state index contributed by atoms with van der Waals surface area (Å²) in [5, 5.41) is 0. The number of hydrogen-bond acceptors (Lipinski definition) is 1. The molecule has 0 bridgehead atoms. The van der Waals surface area contributed by atoms with Crippen LogP contribution in [0.15, 0.2) is 91.0 Å². The number of carbonyl (C=O) groups excluding carboxylic acids is 1. The van der Waals surface area contributed by atoms with Crippen molar-refractivity contribution in [2.45, 2.75) is 31.1 Å². The van der Waals surface area contributed by atoms with Crippen LogP contribution in [0, 0.1) is 5.92 Å². The van der Waals surface area contributed by atoms with Crippen molar-refractivity contribution >= 4 is 5.78 Å². The Hall–Kier alpha value is -3.19. The zero-order chi connectivity index (χ0) is 20.3. The summed E-state index contributed by atoms with van der Waals surface area (Å²) in [6.07, 6.45) is 11.2. The molecule has 6 rings (SSSR count). The fourth-order valence-electron chi connectivity index (χ4n) is 6.17. The van der Waals surface area contributed by atoms with Crippen LogP contribution in [0.2, 0.25) is 0 Å². The van der Waals surface area contributed by atoms with Crippen LogP contribution >= 0.6 is 0 Å². The summed E-state index contributed by atoms with van der Waals surface area (Å²) in [6.45, 7) is 2.21. The van der Waals surface area contributed by atoms with E-state index in [9.17, 15) is 4.79 Å². The highest BCUT2D eigenvalue weighted by Crippen LogP contribution is 2.62. The van der Waals surface area contributed by atoms with Crippen molar-refractivity contribution in [3.05, 3.63) is 130 Å². The molecule has 0 heterocycles. The Morgan fingerprint density at radius 1 is 0.800 bits per heavy atom. The number of fused-ring (bicyclic) bond motifs is 9. The standard InChI is InChI=1S/C29H24O/c1-2-9-19-16-17-23-27(18-19)29(26-15-8-5-12-22(26)28(23)30)24-13-6-3-10-20(24)21-11-4-7-14-25(21)29/h3-8,10-18,20,24H,2,9H2,1H3/t20?,24-,29?/m0/s1. The molecule has 1 heteroatoms. The highest BCUT2D eigenvalue weighted by molar-refractivity contribution is 6.14. The van der Waals surface area contributed by atoms with Crippen LogP contribution in [0.25, 0.3) is 0 Å². The maximum absolute atomic E-state index is 13.6. The van der Waals surface area contributed by atoms with Crippen molar-refractivity contribution in [2.24, 2.45) is 5.92 Å². The first-order chi connectivity index (χ1) is 14.8. The van der Waals surface area contributed by atoms with Crippen molar-refractivity contribution in [2.75, 3.05) is 0 Å². The largest absolute Gasteiger partial charge is 0.289 e. The molecule has 0 saturated heterocycles. The maximum Gasteiger partial charge on any atom is 0.193 e. The average molecular weight is 389 g/mol. The quantitative estimate of drug-likeness (QED) is 0.499. The highest BCUT2D eigenvalue weighted by Gasteiger charge is 2.56. The molecule has 0 fully saturated rings. The van der Waals surface area contributed by atoms with E-state index in [0.29, 0.717) is 5.92 Å². The van der Waals surface area contributed by atoms with Crippen LogP contribution in [-0.4, -0.2) is 5.78 Å². The molecule has 0 aromatic heterocycles. The third-order valence-electron chi connectivity index (χ3n) is 7.27. The molecule has 1 nitrogen and oxygen atoms in total. The van der Waals surface area contributed by atoms with Gasteiger partial charge < -0.3 is 0 Å². The predicted octanol–water partition coefficient (Wildman–Crippen LogP) is 6.36. The zero-order valence-electron chi connectivity index (χ0n) is 17.1. The number of hydrogen-bond donors (Lipinski definition) is 0. The van der Waals surface area contributed by atoms with Gasteiger partial charge in [0, 0.05) is 23.0 Å². The number of carbonyl (C=O) groups is 1. The molecule has 1 spiro atoms. The number of allylic oxidation sites excluding steroid dienone is 4. The van der Waals surface area contributed by atoms with Gasteiger partial charge in [-0.3, -0.25) is 4.79 Å². The Balaban J connectivity index is 1.77. The summed E-state index contributed by atoms with van der Waals surface area (Å²) in [4.78, 5) is 13.6. The Morgan fingerprint density at radius 3 is 2.40 bits per heavy atom. The number of rotatable bonds is 2. The lowest BCUT2D eigenvalue weighted by molar-refractivity contribution is 0.103. The van der Waals surface area contributed by atoms with Crippen molar-refractivity contribution in [1.29, 1.82) is 0 Å². The van der Waals surface area contributed by atoms with E-state index in [0.717, 1.165) is 29.5 Å². The summed E-state index contributed by atoms with van der Waals surface area (Å²) < 4.78 is 0. The molecule has 2 unspecified atom stereocenters. The normalized spacial score (nSPS) is 25.0. The van der Waals surface area contributed by atoms with E-state index in [1.54, 1.807) is 0 Å². The number of aryl methyl sites for hydroxylation is 1. The van der Waals surface area contributed by atoms with Gasteiger partial charge in [0.1, 0.15) is 0 Å². The SMILES string of the molecule is CCCc1ccc2c(c1)C1(c3ccccc3C2=O)c2ccccc2C2C=CC=C[C@@H]21. The minimum atomic E-state index is -0.327. The molecule has 30 heavy (non-hydrogen) atoms. The molecule has 0 saturated carbocycles. The Bertz CT molecular complexity index is 1240. The van der Waals surface area contributed by atoms with Crippen molar-refractivity contribution in [1.82, 2.24) is 0 Å². The minimum Gasteiger partial charge on any atom is -0.289 e. The molecule has 3 aromatic rings. The fourth-order valence-corrected chi connectivity index (χ4v) is 6.17. The lowest BCUT2D eigenvalue weighted by Crippen LogP contribution is -2.41. The Labute approximate surface area is 177 Å². The molecule has 0 amide bonds. The molecule has 3 aliphatic carbocycles. The molecule has 146 valence electrons. The summed E-state index contributed by atoms with van der Waals surface area (Å²) in [5.74, 6) is 0.755. The lowest BCUT2D eigenvalue weighted by Gasteiger charge is -2.43.